The molecular weight excluding hydrogens is 482 g/mol. The Bertz CT molecular complexity index is 1140. The lowest BCUT2D eigenvalue weighted by molar-refractivity contribution is -0.140. The standard InChI is InChI=1S/C23H28ClN3O6S/c1-4-19(23(29)25-2)26(14-16-5-7-17(24)8-6-16)22(28)15-27(34(3,30)31)18-9-10-20-21(13-18)33-12-11-32-20/h5-10,13,19H,4,11-12,14-15H2,1-3H3,(H,25,29)/t19-/m0/s1. The Labute approximate surface area is 204 Å². The molecule has 0 aromatic heterocycles. The van der Waals surface area contributed by atoms with Crippen LogP contribution >= 0.6 is 11.6 Å². The number of carbonyl (C=O) groups excluding carboxylic acids is 2. The average molecular weight is 510 g/mol. The topological polar surface area (TPSA) is 105 Å². The molecule has 1 aliphatic rings. The van der Waals surface area contributed by atoms with Gasteiger partial charge in [0, 0.05) is 24.7 Å². The number of hydrogen-bond donors (Lipinski definition) is 1. The maximum absolute atomic E-state index is 13.5. The third kappa shape index (κ3) is 6.12. The molecule has 0 spiro atoms. The zero-order valence-corrected chi connectivity index (χ0v) is 20.9. The third-order valence-electron chi connectivity index (χ3n) is 5.39. The number of benzene rings is 2. The van der Waals surface area contributed by atoms with Crippen LogP contribution in [0.1, 0.15) is 18.9 Å². The number of fused-ring (bicyclic) bond motifs is 1. The first-order chi connectivity index (χ1) is 16.1. The minimum absolute atomic E-state index is 0.112. The number of hydrogen-bond acceptors (Lipinski definition) is 6. The fourth-order valence-electron chi connectivity index (χ4n) is 3.67. The molecule has 2 aromatic carbocycles. The van der Waals surface area contributed by atoms with Gasteiger partial charge in [0.15, 0.2) is 11.5 Å². The Morgan fingerprint density at radius 1 is 1.09 bits per heavy atom. The quantitative estimate of drug-likeness (QED) is 0.556. The summed E-state index contributed by atoms with van der Waals surface area (Å²) in [5.74, 6) is 0.0465. The first-order valence-electron chi connectivity index (χ1n) is 10.8. The maximum Gasteiger partial charge on any atom is 0.244 e. The van der Waals surface area contributed by atoms with Crippen LogP contribution in [0.3, 0.4) is 0 Å². The minimum Gasteiger partial charge on any atom is -0.486 e. The molecular formula is C23H28ClN3O6S. The highest BCUT2D eigenvalue weighted by molar-refractivity contribution is 7.92. The fourth-order valence-corrected chi connectivity index (χ4v) is 4.64. The van der Waals surface area contributed by atoms with E-state index in [0.29, 0.717) is 36.2 Å². The number of rotatable bonds is 9. The normalized spacial score (nSPS) is 13.6. The van der Waals surface area contributed by atoms with Crippen LogP contribution in [0.5, 0.6) is 11.5 Å². The molecule has 0 bridgehead atoms. The summed E-state index contributed by atoms with van der Waals surface area (Å²) in [5.41, 5.74) is 1.02. The van der Waals surface area contributed by atoms with E-state index in [1.807, 2.05) is 0 Å². The molecule has 9 nitrogen and oxygen atoms in total. The van der Waals surface area contributed by atoms with Gasteiger partial charge in [0.2, 0.25) is 21.8 Å². The van der Waals surface area contributed by atoms with Crippen molar-refractivity contribution in [1.29, 1.82) is 0 Å². The van der Waals surface area contributed by atoms with E-state index in [4.69, 9.17) is 21.1 Å². The molecule has 1 heterocycles. The summed E-state index contributed by atoms with van der Waals surface area (Å²) in [6, 6.07) is 10.8. The van der Waals surface area contributed by atoms with Crippen LogP contribution in [0.2, 0.25) is 5.02 Å². The van der Waals surface area contributed by atoms with Crippen molar-refractivity contribution in [2.24, 2.45) is 0 Å². The lowest BCUT2D eigenvalue weighted by Gasteiger charge is -2.32. The van der Waals surface area contributed by atoms with Gasteiger partial charge in [-0.2, -0.15) is 0 Å². The second-order valence-electron chi connectivity index (χ2n) is 7.78. The summed E-state index contributed by atoms with van der Waals surface area (Å²) in [4.78, 5) is 27.5. The second kappa shape index (κ2) is 11.0. The fraction of sp³-hybridized carbons (Fsp3) is 0.391. The summed E-state index contributed by atoms with van der Waals surface area (Å²) >= 11 is 5.97. The largest absolute Gasteiger partial charge is 0.486 e. The lowest BCUT2D eigenvalue weighted by atomic mass is 10.1. The number of nitrogens with zero attached hydrogens (tertiary/aromatic N) is 2. The Balaban J connectivity index is 1.94. The zero-order chi connectivity index (χ0) is 24.9. The van der Waals surface area contributed by atoms with Crippen molar-refractivity contribution in [1.82, 2.24) is 10.2 Å². The number of ether oxygens (including phenoxy) is 2. The van der Waals surface area contributed by atoms with Gasteiger partial charge >= 0.3 is 0 Å². The van der Waals surface area contributed by atoms with Crippen molar-refractivity contribution in [3.63, 3.8) is 0 Å². The molecule has 0 saturated carbocycles. The molecule has 184 valence electrons. The van der Waals surface area contributed by atoms with Crippen molar-refractivity contribution in [2.75, 3.05) is 37.4 Å². The van der Waals surface area contributed by atoms with E-state index in [1.165, 1.54) is 18.0 Å². The van der Waals surface area contributed by atoms with Crippen molar-refractivity contribution < 1.29 is 27.5 Å². The first kappa shape index (κ1) is 25.6. The molecule has 0 aliphatic carbocycles. The summed E-state index contributed by atoms with van der Waals surface area (Å²) in [6.07, 6.45) is 1.37. The van der Waals surface area contributed by atoms with E-state index in [1.54, 1.807) is 43.3 Å². The smallest absolute Gasteiger partial charge is 0.244 e. The zero-order valence-electron chi connectivity index (χ0n) is 19.3. The van der Waals surface area contributed by atoms with Crippen LogP contribution in [-0.2, 0) is 26.2 Å². The number of halogens is 1. The Kier molecular flexibility index (Phi) is 8.27. The van der Waals surface area contributed by atoms with Crippen LogP contribution in [0.25, 0.3) is 0 Å². The van der Waals surface area contributed by atoms with Gasteiger partial charge in [-0.25, -0.2) is 8.42 Å². The molecule has 0 fully saturated rings. The highest BCUT2D eigenvalue weighted by Crippen LogP contribution is 2.34. The molecule has 1 N–H and O–H groups in total. The number of nitrogens with one attached hydrogen (secondary N) is 1. The summed E-state index contributed by atoms with van der Waals surface area (Å²) < 4.78 is 37.4. The van der Waals surface area contributed by atoms with Gasteiger partial charge < -0.3 is 19.7 Å². The predicted octanol–water partition coefficient (Wildman–Crippen LogP) is 2.43. The molecule has 1 atom stereocenters. The number of sulfonamides is 1. The van der Waals surface area contributed by atoms with E-state index in [0.717, 1.165) is 16.1 Å². The summed E-state index contributed by atoms with van der Waals surface area (Å²) in [5, 5.41) is 3.12. The van der Waals surface area contributed by atoms with E-state index >= 15 is 0 Å². The predicted molar refractivity (Wildman–Crippen MR) is 130 cm³/mol. The first-order valence-corrected chi connectivity index (χ1v) is 13.0. The van der Waals surface area contributed by atoms with Gasteiger partial charge in [-0.15, -0.1) is 0 Å². The average Bonchev–Trinajstić information content (AvgIpc) is 2.82. The molecule has 0 radical (unpaired) electrons. The lowest BCUT2D eigenvalue weighted by Crippen LogP contribution is -2.51. The van der Waals surface area contributed by atoms with Crippen molar-refractivity contribution >= 4 is 39.1 Å². The van der Waals surface area contributed by atoms with Gasteiger partial charge in [0.05, 0.1) is 11.9 Å². The van der Waals surface area contributed by atoms with Gasteiger partial charge in [0.1, 0.15) is 25.8 Å². The van der Waals surface area contributed by atoms with Crippen LogP contribution < -0.4 is 19.1 Å². The Morgan fingerprint density at radius 2 is 1.74 bits per heavy atom. The van der Waals surface area contributed by atoms with E-state index in [2.05, 4.69) is 5.32 Å². The van der Waals surface area contributed by atoms with Crippen LogP contribution in [0.15, 0.2) is 42.5 Å². The molecule has 3 rings (SSSR count). The summed E-state index contributed by atoms with van der Waals surface area (Å²) in [7, 11) is -2.34. The monoisotopic (exact) mass is 509 g/mol. The van der Waals surface area contributed by atoms with Gasteiger partial charge in [-0.05, 0) is 36.2 Å². The molecule has 0 saturated heterocycles. The summed E-state index contributed by atoms with van der Waals surface area (Å²) in [6.45, 7) is 2.16. The number of likely N-dealkylation sites (N-methyl/N-ethyl adjacent to an activating group) is 1. The number of carbonyl (C=O) groups is 2. The van der Waals surface area contributed by atoms with E-state index in [-0.39, 0.29) is 18.1 Å². The van der Waals surface area contributed by atoms with Crippen molar-refractivity contribution in [2.45, 2.75) is 25.9 Å². The molecule has 1 aliphatic heterocycles. The van der Waals surface area contributed by atoms with Crippen molar-refractivity contribution in [3.8, 4) is 11.5 Å². The number of amides is 2. The maximum atomic E-state index is 13.5. The molecule has 2 aromatic rings. The van der Waals surface area contributed by atoms with Gasteiger partial charge in [-0.1, -0.05) is 30.7 Å². The molecule has 34 heavy (non-hydrogen) atoms. The second-order valence-corrected chi connectivity index (χ2v) is 10.1. The Hall–Kier alpha value is -2.98. The highest BCUT2D eigenvalue weighted by atomic mass is 35.5. The van der Waals surface area contributed by atoms with Crippen LogP contribution in [-0.4, -0.2) is 64.2 Å². The van der Waals surface area contributed by atoms with E-state index in [9.17, 15) is 18.0 Å². The molecule has 11 heteroatoms. The highest BCUT2D eigenvalue weighted by Gasteiger charge is 2.31. The Morgan fingerprint density at radius 3 is 2.32 bits per heavy atom. The van der Waals surface area contributed by atoms with Crippen LogP contribution in [0, 0.1) is 0 Å². The SMILES string of the molecule is CC[C@@H](C(=O)NC)N(Cc1ccc(Cl)cc1)C(=O)CN(c1ccc2c(c1)OCCO2)S(C)(=O)=O. The minimum atomic E-state index is -3.84. The molecule has 0 unspecified atom stereocenters. The van der Waals surface area contributed by atoms with Crippen LogP contribution in [0.4, 0.5) is 5.69 Å². The number of anilines is 1. The van der Waals surface area contributed by atoms with Crippen molar-refractivity contribution in [3.05, 3.63) is 53.1 Å². The van der Waals surface area contributed by atoms with Gasteiger partial charge in [0.25, 0.3) is 0 Å². The van der Waals surface area contributed by atoms with Gasteiger partial charge in [-0.3, -0.25) is 13.9 Å². The van der Waals surface area contributed by atoms with E-state index < -0.39 is 28.5 Å². The molecule has 2 amide bonds. The third-order valence-corrected chi connectivity index (χ3v) is 6.78.